The van der Waals surface area contributed by atoms with Crippen molar-refractivity contribution in [2.24, 2.45) is 5.92 Å². The number of carbonyl (C=O) groups excluding carboxylic acids is 2. The van der Waals surface area contributed by atoms with Crippen LogP contribution in [0.15, 0.2) is 0 Å². The number of esters is 1. The standard InChI is InChI=1S/C11H18ClNO6S/c1-11(2,3)19-10(15)13-5-7(9(14)18-4)8(6-13)20(12,16)17/h7-8H,5-6H2,1-4H3/t7-,8-/m1/s1. The van der Waals surface area contributed by atoms with Crippen LogP contribution in [0.25, 0.3) is 0 Å². The molecule has 7 nitrogen and oxygen atoms in total. The van der Waals surface area contributed by atoms with Crippen molar-refractivity contribution >= 4 is 31.8 Å². The quantitative estimate of drug-likeness (QED) is 0.554. The van der Waals surface area contributed by atoms with E-state index in [-0.39, 0.29) is 13.1 Å². The van der Waals surface area contributed by atoms with E-state index in [1.54, 1.807) is 20.8 Å². The number of likely N-dealkylation sites (tertiary alicyclic amines) is 1. The molecule has 1 aliphatic rings. The van der Waals surface area contributed by atoms with Crippen LogP contribution < -0.4 is 0 Å². The van der Waals surface area contributed by atoms with Crippen LogP contribution in [0.5, 0.6) is 0 Å². The largest absolute Gasteiger partial charge is 0.469 e. The molecular weight excluding hydrogens is 310 g/mol. The molecule has 0 aromatic carbocycles. The van der Waals surface area contributed by atoms with Crippen LogP contribution in [0.1, 0.15) is 20.8 Å². The van der Waals surface area contributed by atoms with Crippen molar-refractivity contribution in [2.75, 3.05) is 20.2 Å². The molecule has 1 aliphatic heterocycles. The van der Waals surface area contributed by atoms with E-state index in [0.717, 1.165) is 12.0 Å². The van der Waals surface area contributed by atoms with Gasteiger partial charge in [0.2, 0.25) is 9.05 Å². The van der Waals surface area contributed by atoms with E-state index in [0.29, 0.717) is 0 Å². The molecule has 0 unspecified atom stereocenters. The van der Waals surface area contributed by atoms with Gasteiger partial charge in [0, 0.05) is 23.8 Å². The summed E-state index contributed by atoms with van der Waals surface area (Å²) in [5.74, 6) is -1.72. The number of halogens is 1. The second kappa shape index (κ2) is 5.77. The van der Waals surface area contributed by atoms with Crippen molar-refractivity contribution in [1.29, 1.82) is 0 Å². The molecule has 0 radical (unpaired) electrons. The summed E-state index contributed by atoms with van der Waals surface area (Å²) < 4.78 is 32.7. The second-order valence-corrected chi connectivity index (χ2v) is 8.38. The third-order valence-corrected chi connectivity index (χ3v) is 4.67. The number of carbonyl (C=O) groups is 2. The highest BCUT2D eigenvalue weighted by atomic mass is 35.7. The molecule has 0 aliphatic carbocycles. The van der Waals surface area contributed by atoms with Gasteiger partial charge < -0.3 is 14.4 Å². The zero-order valence-corrected chi connectivity index (χ0v) is 13.3. The van der Waals surface area contributed by atoms with Gasteiger partial charge in [0.15, 0.2) is 0 Å². The summed E-state index contributed by atoms with van der Waals surface area (Å²) in [6, 6.07) is 0. The molecule has 0 spiro atoms. The zero-order valence-electron chi connectivity index (χ0n) is 11.8. The molecule has 0 aromatic heterocycles. The van der Waals surface area contributed by atoms with E-state index in [4.69, 9.17) is 15.4 Å². The van der Waals surface area contributed by atoms with Gasteiger partial charge in [-0.1, -0.05) is 0 Å². The Labute approximate surface area is 122 Å². The Balaban J connectivity index is 2.91. The van der Waals surface area contributed by atoms with Gasteiger partial charge in [-0.25, -0.2) is 13.2 Å². The molecule has 0 bridgehead atoms. The lowest BCUT2D eigenvalue weighted by Gasteiger charge is -2.24. The third kappa shape index (κ3) is 4.24. The highest BCUT2D eigenvalue weighted by Gasteiger charge is 2.47. The van der Waals surface area contributed by atoms with E-state index >= 15 is 0 Å². The average molecular weight is 328 g/mol. The van der Waals surface area contributed by atoms with Gasteiger partial charge in [0.05, 0.1) is 13.0 Å². The van der Waals surface area contributed by atoms with Crippen molar-refractivity contribution in [3.05, 3.63) is 0 Å². The summed E-state index contributed by atoms with van der Waals surface area (Å²) >= 11 is 0. The predicted octanol–water partition coefficient (Wildman–Crippen LogP) is 0.964. The summed E-state index contributed by atoms with van der Waals surface area (Å²) in [7, 11) is 2.48. The maximum Gasteiger partial charge on any atom is 0.410 e. The predicted molar refractivity (Wildman–Crippen MR) is 71.9 cm³/mol. The molecule has 1 saturated heterocycles. The van der Waals surface area contributed by atoms with Gasteiger partial charge in [0.25, 0.3) is 0 Å². The van der Waals surface area contributed by atoms with Gasteiger partial charge in [0.1, 0.15) is 10.9 Å². The lowest BCUT2D eigenvalue weighted by atomic mass is 10.1. The minimum absolute atomic E-state index is 0.0990. The van der Waals surface area contributed by atoms with Crippen LogP contribution in [0.3, 0.4) is 0 Å². The van der Waals surface area contributed by atoms with Crippen molar-refractivity contribution in [2.45, 2.75) is 31.6 Å². The monoisotopic (exact) mass is 327 g/mol. The highest BCUT2D eigenvalue weighted by Crippen LogP contribution is 2.28. The molecule has 0 aromatic rings. The normalized spacial score (nSPS) is 23.6. The molecule has 9 heteroatoms. The minimum atomic E-state index is -4.00. The SMILES string of the molecule is COC(=O)[C@@H]1CN(C(=O)OC(C)(C)C)C[C@H]1S(=O)(=O)Cl. The van der Waals surface area contributed by atoms with Crippen molar-refractivity contribution in [1.82, 2.24) is 4.90 Å². The van der Waals surface area contributed by atoms with Crippen LogP contribution >= 0.6 is 10.7 Å². The van der Waals surface area contributed by atoms with Crippen LogP contribution in [0.4, 0.5) is 4.79 Å². The second-order valence-electron chi connectivity index (χ2n) is 5.53. The fraction of sp³-hybridized carbons (Fsp3) is 0.818. The Morgan fingerprint density at radius 3 is 2.20 bits per heavy atom. The molecule has 0 saturated carbocycles. The van der Waals surface area contributed by atoms with Gasteiger partial charge in [-0.05, 0) is 20.8 Å². The molecule has 1 fully saturated rings. The van der Waals surface area contributed by atoms with Crippen molar-refractivity contribution in [3.8, 4) is 0 Å². The Hall–Kier alpha value is -1.02. The number of rotatable bonds is 2. The van der Waals surface area contributed by atoms with Gasteiger partial charge in [-0.15, -0.1) is 0 Å². The van der Waals surface area contributed by atoms with Crippen molar-refractivity contribution < 1.29 is 27.5 Å². The van der Waals surface area contributed by atoms with Gasteiger partial charge in [-0.3, -0.25) is 4.79 Å². The summed E-state index contributed by atoms with van der Waals surface area (Å²) in [6.45, 7) is 4.77. The Bertz CT molecular complexity index is 498. The average Bonchev–Trinajstić information content (AvgIpc) is 2.70. The highest BCUT2D eigenvalue weighted by molar-refractivity contribution is 8.14. The molecule has 1 heterocycles. The van der Waals surface area contributed by atoms with E-state index in [2.05, 4.69) is 4.74 Å². The lowest BCUT2D eigenvalue weighted by molar-refractivity contribution is -0.144. The van der Waals surface area contributed by atoms with E-state index in [1.807, 2.05) is 0 Å². The molecule has 116 valence electrons. The van der Waals surface area contributed by atoms with E-state index < -0.39 is 37.9 Å². The molecule has 2 atom stereocenters. The summed E-state index contributed by atoms with van der Waals surface area (Å²) in [5.41, 5.74) is -0.713. The Morgan fingerprint density at radius 2 is 1.80 bits per heavy atom. The summed E-state index contributed by atoms with van der Waals surface area (Å²) in [4.78, 5) is 24.7. The van der Waals surface area contributed by atoms with Gasteiger partial charge in [-0.2, -0.15) is 0 Å². The number of hydrogen-bond acceptors (Lipinski definition) is 6. The van der Waals surface area contributed by atoms with Crippen LogP contribution in [0, 0.1) is 5.92 Å². The smallest absolute Gasteiger partial charge is 0.410 e. The Kier molecular flexibility index (Phi) is 4.91. The minimum Gasteiger partial charge on any atom is -0.469 e. The lowest BCUT2D eigenvalue weighted by Crippen LogP contribution is -2.36. The molecule has 0 N–H and O–H groups in total. The number of methoxy groups -OCH3 is 1. The van der Waals surface area contributed by atoms with E-state index in [1.165, 1.54) is 0 Å². The maximum absolute atomic E-state index is 11.9. The van der Waals surface area contributed by atoms with Crippen LogP contribution in [-0.4, -0.2) is 56.4 Å². The molecule has 1 rings (SSSR count). The molecular formula is C11H18ClNO6S. The summed E-state index contributed by atoms with van der Waals surface area (Å²) in [6.07, 6.45) is -0.686. The Morgan fingerprint density at radius 1 is 1.25 bits per heavy atom. The van der Waals surface area contributed by atoms with E-state index in [9.17, 15) is 18.0 Å². The first-order chi connectivity index (χ1) is 8.95. The summed E-state index contributed by atoms with van der Waals surface area (Å²) in [5, 5.41) is -1.19. The third-order valence-electron chi connectivity index (χ3n) is 2.78. The zero-order chi connectivity index (χ0) is 15.7. The van der Waals surface area contributed by atoms with Crippen LogP contribution in [-0.2, 0) is 23.3 Å². The number of nitrogens with zero attached hydrogens (tertiary/aromatic N) is 1. The van der Waals surface area contributed by atoms with Crippen molar-refractivity contribution in [3.63, 3.8) is 0 Å². The van der Waals surface area contributed by atoms with Gasteiger partial charge >= 0.3 is 12.1 Å². The number of amides is 1. The van der Waals surface area contributed by atoms with Crippen LogP contribution in [0.2, 0.25) is 0 Å². The fourth-order valence-electron chi connectivity index (χ4n) is 1.91. The maximum atomic E-state index is 11.9. The first kappa shape index (κ1) is 17.0. The molecule has 20 heavy (non-hydrogen) atoms. The number of hydrogen-bond donors (Lipinski definition) is 0. The fourth-order valence-corrected chi connectivity index (χ4v) is 3.40. The first-order valence-corrected chi connectivity index (χ1v) is 8.32. The molecule has 1 amide bonds. The first-order valence-electron chi connectivity index (χ1n) is 5.95. The number of ether oxygens (including phenoxy) is 2. The topological polar surface area (TPSA) is 90.0 Å².